The molecule has 0 spiro atoms. The van der Waals surface area contributed by atoms with Crippen LogP contribution in [-0.2, 0) is 18.6 Å². The normalized spacial score (nSPS) is 12.3. The second kappa shape index (κ2) is 10.2. The Hall–Kier alpha value is -1.53. The molecule has 0 saturated carbocycles. The third-order valence-electron chi connectivity index (χ3n) is 2.38. The minimum absolute atomic E-state index is 0.123. The van der Waals surface area contributed by atoms with Gasteiger partial charge in [0.05, 0.1) is 13.2 Å². The van der Waals surface area contributed by atoms with E-state index in [9.17, 15) is 9.59 Å². The van der Waals surface area contributed by atoms with Crippen LogP contribution in [0.5, 0.6) is 5.75 Å². The number of carbonyl (C=O) groups is 2. The van der Waals surface area contributed by atoms with Crippen LogP contribution in [0.25, 0.3) is 0 Å². The van der Waals surface area contributed by atoms with Crippen LogP contribution >= 0.6 is 9.03 Å². The topological polar surface area (TPSA) is 91.3 Å². The van der Waals surface area contributed by atoms with Crippen LogP contribution in [0.15, 0.2) is 24.3 Å². The van der Waals surface area contributed by atoms with Crippen molar-refractivity contribution in [2.45, 2.75) is 20.0 Å². The Morgan fingerprint density at radius 2 is 2.05 bits per heavy atom. The predicted molar refractivity (Wildman–Crippen MR) is 79.9 cm³/mol. The van der Waals surface area contributed by atoms with Gasteiger partial charge < -0.3 is 23.6 Å². The highest BCUT2D eigenvalue weighted by Crippen LogP contribution is 2.20. The highest BCUT2D eigenvalue weighted by molar-refractivity contribution is 7.26. The Kier molecular flexibility index (Phi) is 8.62. The average molecular weight is 330 g/mol. The molecule has 0 aliphatic rings. The molecule has 0 radical (unpaired) electrons. The van der Waals surface area contributed by atoms with Gasteiger partial charge in [0.1, 0.15) is 24.0 Å². The molecule has 0 aliphatic heterocycles. The van der Waals surface area contributed by atoms with E-state index < -0.39 is 18.0 Å². The van der Waals surface area contributed by atoms with Crippen LogP contribution in [0.4, 0.5) is 0 Å². The lowest BCUT2D eigenvalue weighted by atomic mass is 10.2. The number of hydrogen-bond acceptors (Lipinski definition) is 7. The molecule has 122 valence electrons. The fourth-order valence-corrected chi connectivity index (χ4v) is 1.88. The van der Waals surface area contributed by atoms with Gasteiger partial charge in [-0.05, 0) is 19.1 Å². The highest BCUT2D eigenvalue weighted by atomic mass is 31.1. The van der Waals surface area contributed by atoms with E-state index in [0.29, 0.717) is 6.61 Å². The molecule has 0 amide bonds. The van der Waals surface area contributed by atoms with Gasteiger partial charge >= 0.3 is 11.9 Å². The summed E-state index contributed by atoms with van der Waals surface area (Å²) >= 11 is 0. The van der Waals surface area contributed by atoms with Gasteiger partial charge in [0.2, 0.25) is 0 Å². The molecule has 8 heteroatoms. The monoisotopic (exact) mass is 330 g/mol. The fraction of sp³-hybridized carbons (Fsp3) is 0.429. The van der Waals surface area contributed by atoms with Gasteiger partial charge in [0, 0.05) is 6.92 Å². The van der Waals surface area contributed by atoms with Crippen molar-refractivity contribution in [3.05, 3.63) is 29.8 Å². The van der Waals surface area contributed by atoms with Crippen molar-refractivity contribution in [1.82, 2.24) is 0 Å². The molecule has 1 aromatic rings. The van der Waals surface area contributed by atoms with Crippen LogP contribution in [0.3, 0.4) is 0 Å². The second-order valence-electron chi connectivity index (χ2n) is 4.13. The number of para-hydroxylation sites is 1. The van der Waals surface area contributed by atoms with Crippen molar-refractivity contribution in [3.63, 3.8) is 0 Å². The van der Waals surface area contributed by atoms with Crippen molar-refractivity contribution >= 4 is 21.0 Å². The smallest absolute Gasteiger partial charge is 0.342 e. The van der Waals surface area contributed by atoms with Crippen LogP contribution in [0, 0.1) is 0 Å². The molecule has 0 heterocycles. The van der Waals surface area contributed by atoms with E-state index in [-0.39, 0.29) is 33.6 Å². The predicted octanol–water partition coefficient (Wildman–Crippen LogP) is 1.69. The van der Waals surface area contributed by atoms with Crippen molar-refractivity contribution < 1.29 is 33.2 Å². The van der Waals surface area contributed by atoms with Gasteiger partial charge in [-0.1, -0.05) is 12.1 Å². The standard InChI is InChI=1S/C14H19O7P/c1-3-19-22-21-11(8-15)9-18-14(17)12-6-4-5-7-13(12)20-10(2)16/h4-7,11,15,22H,3,8-9H2,1-2H3. The highest BCUT2D eigenvalue weighted by Gasteiger charge is 2.17. The molecular weight excluding hydrogens is 311 g/mol. The van der Waals surface area contributed by atoms with Gasteiger partial charge in [-0.15, -0.1) is 0 Å². The number of rotatable bonds is 9. The van der Waals surface area contributed by atoms with Gasteiger partial charge in [0.15, 0.2) is 9.03 Å². The Balaban J connectivity index is 2.59. The van der Waals surface area contributed by atoms with E-state index in [2.05, 4.69) is 0 Å². The number of hydrogen-bond donors (Lipinski definition) is 1. The molecule has 0 saturated heterocycles. The van der Waals surface area contributed by atoms with E-state index in [1.165, 1.54) is 19.1 Å². The van der Waals surface area contributed by atoms with Gasteiger partial charge in [0.25, 0.3) is 0 Å². The fourth-order valence-electron chi connectivity index (χ4n) is 1.41. The Morgan fingerprint density at radius 3 is 2.68 bits per heavy atom. The first-order valence-electron chi connectivity index (χ1n) is 6.66. The molecule has 0 aromatic heterocycles. The number of aliphatic hydroxyl groups excluding tert-OH is 1. The van der Waals surface area contributed by atoms with Crippen molar-refractivity contribution in [2.75, 3.05) is 19.8 Å². The molecular formula is C14H19O7P. The maximum Gasteiger partial charge on any atom is 0.342 e. The summed E-state index contributed by atoms with van der Waals surface area (Å²) in [6.45, 7) is 3.11. The van der Waals surface area contributed by atoms with Crippen LogP contribution in [0.1, 0.15) is 24.2 Å². The van der Waals surface area contributed by atoms with E-state index in [4.69, 9.17) is 23.6 Å². The largest absolute Gasteiger partial charge is 0.459 e. The van der Waals surface area contributed by atoms with E-state index in [0.717, 1.165) is 0 Å². The lowest BCUT2D eigenvalue weighted by Crippen LogP contribution is -2.23. The van der Waals surface area contributed by atoms with E-state index in [1.807, 2.05) is 6.92 Å². The summed E-state index contributed by atoms with van der Waals surface area (Å²) in [6.07, 6.45) is -0.672. The lowest BCUT2D eigenvalue weighted by molar-refractivity contribution is -0.131. The summed E-state index contributed by atoms with van der Waals surface area (Å²) < 4.78 is 20.2. The number of benzene rings is 1. The molecule has 1 aromatic carbocycles. The Bertz CT molecular complexity index is 492. The van der Waals surface area contributed by atoms with Gasteiger partial charge in [-0.3, -0.25) is 4.79 Å². The summed E-state index contributed by atoms with van der Waals surface area (Å²) in [5, 5.41) is 9.15. The van der Waals surface area contributed by atoms with Crippen molar-refractivity contribution in [1.29, 1.82) is 0 Å². The van der Waals surface area contributed by atoms with E-state index >= 15 is 0 Å². The zero-order valence-corrected chi connectivity index (χ0v) is 13.4. The van der Waals surface area contributed by atoms with Crippen LogP contribution in [-0.4, -0.2) is 43.0 Å². The Labute approximate surface area is 130 Å². The SMILES string of the molecule is CCOPOC(CO)COC(=O)c1ccccc1OC(C)=O. The zero-order valence-electron chi connectivity index (χ0n) is 12.4. The molecule has 0 fully saturated rings. The minimum atomic E-state index is -0.672. The summed E-state index contributed by atoms with van der Waals surface area (Å²) in [7, 11) is -0.237. The molecule has 2 atom stereocenters. The number of aliphatic hydroxyl groups is 1. The van der Waals surface area contributed by atoms with Crippen molar-refractivity contribution in [3.8, 4) is 5.75 Å². The number of carbonyl (C=O) groups excluding carboxylic acids is 2. The molecule has 0 bridgehead atoms. The summed E-state index contributed by atoms with van der Waals surface area (Å²) in [5.41, 5.74) is 0.127. The Morgan fingerprint density at radius 1 is 1.32 bits per heavy atom. The molecule has 22 heavy (non-hydrogen) atoms. The first-order chi connectivity index (χ1) is 10.6. The summed E-state index contributed by atoms with van der Waals surface area (Å²) in [5.74, 6) is -1.08. The summed E-state index contributed by atoms with van der Waals surface area (Å²) in [4.78, 5) is 23.0. The summed E-state index contributed by atoms with van der Waals surface area (Å²) in [6, 6.07) is 6.24. The molecule has 7 nitrogen and oxygen atoms in total. The lowest BCUT2D eigenvalue weighted by Gasteiger charge is -2.15. The third-order valence-corrected chi connectivity index (χ3v) is 3.22. The molecule has 0 aliphatic carbocycles. The molecule has 2 unspecified atom stereocenters. The number of ether oxygens (including phenoxy) is 2. The van der Waals surface area contributed by atoms with Gasteiger partial charge in [-0.25, -0.2) is 4.79 Å². The second-order valence-corrected chi connectivity index (χ2v) is 4.82. The zero-order chi connectivity index (χ0) is 16.4. The first kappa shape index (κ1) is 18.5. The maximum atomic E-state index is 12.0. The van der Waals surface area contributed by atoms with Crippen LogP contribution in [0.2, 0.25) is 0 Å². The van der Waals surface area contributed by atoms with Gasteiger partial charge in [-0.2, -0.15) is 0 Å². The first-order valence-corrected chi connectivity index (χ1v) is 7.48. The average Bonchev–Trinajstić information content (AvgIpc) is 2.50. The number of esters is 2. The molecule has 1 N–H and O–H groups in total. The molecule has 1 rings (SSSR count). The quantitative estimate of drug-likeness (QED) is 0.319. The minimum Gasteiger partial charge on any atom is -0.459 e. The van der Waals surface area contributed by atoms with E-state index in [1.54, 1.807) is 12.1 Å². The van der Waals surface area contributed by atoms with Crippen LogP contribution < -0.4 is 4.74 Å². The third kappa shape index (κ3) is 6.49. The maximum absolute atomic E-state index is 12.0. The van der Waals surface area contributed by atoms with Crippen molar-refractivity contribution in [2.24, 2.45) is 0 Å².